The number of methoxy groups -OCH3 is 2. The van der Waals surface area contributed by atoms with Crippen LogP contribution in [-0.2, 0) is 20.7 Å². The van der Waals surface area contributed by atoms with Gasteiger partial charge in [-0.05, 0) is 43.7 Å². The number of benzene rings is 2. The van der Waals surface area contributed by atoms with E-state index in [9.17, 15) is 19.5 Å². The van der Waals surface area contributed by atoms with Crippen LogP contribution in [0.4, 0.5) is 5.13 Å². The van der Waals surface area contributed by atoms with Crippen LogP contribution < -0.4 is 14.4 Å². The summed E-state index contributed by atoms with van der Waals surface area (Å²) in [7, 11) is 2.74. The third-order valence-electron chi connectivity index (χ3n) is 6.41. The Labute approximate surface area is 216 Å². The highest BCUT2D eigenvalue weighted by Gasteiger charge is 2.49. The highest BCUT2D eigenvalue weighted by atomic mass is 32.1. The molecule has 1 amide bonds. The summed E-state index contributed by atoms with van der Waals surface area (Å²) in [6.07, 6.45) is 0.666. The fraction of sp³-hybridized carbons (Fsp3) is 0.259. The Hall–Kier alpha value is -4.18. The molecule has 190 valence electrons. The summed E-state index contributed by atoms with van der Waals surface area (Å²) < 4.78 is 16.1. The fourth-order valence-electron chi connectivity index (χ4n) is 4.71. The van der Waals surface area contributed by atoms with Crippen molar-refractivity contribution in [1.82, 2.24) is 4.98 Å². The molecule has 1 aromatic heterocycles. The van der Waals surface area contributed by atoms with Crippen molar-refractivity contribution in [2.75, 3.05) is 19.1 Å². The molecule has 1 fully saturated rings. The number of aliphatic hydroxyl groups is 1. The number of aliphatic hydroxyl groups excluding tert-OH is 1. The fourth-order valence-corrected chi connectivity index (χ4v) is 5.72. The first-order valence-corrected chi connectivity index (χ1v) is 12.4. The summed E-state index contributed by atoms with van der Waals surface area (Å²) in [4.78, 5) is 45.0. The Kier molecular flexibility index (Phi) is 6.20. The molecule has 3 heterocycles. The number of Topliss-reactive ketones (excluding diaryl/α,β-unsaturated/α-hetero) is 1. The Morgan fingerprint density at radius 1 is 1.19 bits per heavy atom. The summed E-state index contributed by atoms with van der Waals surface area (Å²) in [5.41, 5.74) is 2.03. The van der Waals surface area contributed by atoms with Crippen LogP contribution in [0.2, 0.25) is 0 Å². The van der Waals surface area contributed by atoms with Gasteiger partial charge in [-0.15, -0.1) is 0 Å². The lowest BCUT2D eigenvalue weighted by Crippen LogP contribution is -2.29. The highest BCUT2D eigenvalue weighted by molar-refractivity contribution is 7.17. The van der Waals surface area contributed by atoms with Gasteiger partial charge in [0.05, 0.1) is 25.5 Å². The molecular formula is C27H24N2O7S. The molecule has 1 saturated heterocycles. The minimum absolute atomic E-state index is 0.00343. The lowest BCUT2D eigenvalue weighted by Gasteiger charge is -2.24. The minimum Gasteiger partial charge on any atom is -0.507 e. The quantitative estimate of drug-likeness (QED) is 0.230. The Balaban J connectivity index is 1.71. The first kappa shape index (κ1) is 24.5. The van der Waals surface area contributed by atoms with Crippen molar-refractivity contribution in [2.24, 2.45) is 0 Å². The van der Waals surface area contributed by atoms with E-state index in [0.29, 0.717) is 29.0 Å². The molecule has 0 aliphatic carbocycles. The van der Waals surface area contributed by atoms with Crippen LogP contribution in [0.5, 0.6) is 11.5 Å². The molecule has 0 radical (unpaired) electrons. The van der Waals surface area contributed by atoms with E-state index in [1.54, 1.807) is 49.4 Å². The van der Waals surface area contributed by atoms with E-state index in [2.05, 4.69) is 4.98 Å². The number of rotatable bonds is 5. The zero-order valence-electron chi connectivity index (χ0n) is 20.6. The van der Waals surface area contributed by atoms with Crippen LogP contribution in [0, 0.1) is 6.92 Å². The van der Waals surface area contributed by atoms with E-state index in [1.807, 2.05) is 6.92 Å². The van der Waals surface area contributed by atoms with Gasteiger partial charge >= 0.3 is 11.9 Å². The smallest absolute Gasteiger partial charge is 0.350 e. The molecule has 2 unspecified atom stereocenters. The van der Waals surface area contributed by atoms with E-state index in [-0.39, 0.29) is 27.4 Å². The van der Waals surface area contributed by atoms with Gasteiger partial charge in [-0.1, -0.05) is 29.5 Å². The second kappa shape index (κ2) is 9.36. The minimum atomic E-state index is -1.05. The number of fused-ring (bicyclic) bond motifs is 1. The molecule has 10 heteroatoms. The third kappa shape index (κ3) is 4.03. The molecular weight excluding hydrogens is 496 g/mol. The van der Waals surface area contributed by atoms with E-state index in [4.69, 9.17) is 14.2 Å². The second-order valence-electron chi connectivity index (χ2n) is 8.77. The van der Waals surface area contributed by atoms with Gasteiger partial charge in [-0.25, -0.2) is 9.78 Å². The van der Waals surface area contributed by atoms with Crippen LogP contribution >= 0.6 is 11.3 Å². The number of anilines is 1. The normalized spacial score (nSPS) is 20.1. The Bertz CT molecular complexity index is 1480. The van der Waals surface area contributed by atoms with Crippen LogP contribution in [0.25, 0.3) is 5.76 Å². The number of thiazole rings is 1. The average Bonchev–Trinajstić information content (AvgIpc) is 3.54. The predicted octanol–water partition coefficient (Wildman–Crippen LogP) is 4.20. The molecule has 5 rings (SSSR count). The number of para-hydroxylation sites is 1. The number of aryl methyl sites for hydroxylation is 1. The van der Waals surface area contributed by atoms with Crippen molar-refractivity contribution >= 4 is 39.9 Å². The van der Waals surface area contributed by atoms with Crippen LogP contribution in [0.3, 0.4) is 0 Å². The van der Waals surface area contributed by atoms with Gasteiger partial charge in [0.15, 0.2) is 5.13 Å². The van der Waals surface area contributed by atoms with Crippen molar-refractivity contribution < 1.29 is 33.7 Å². The number of carbonyl (C=O) groups is 3. The first-order chi connectivity index (χ1) is 17.7. The Morgan fingerprint density at radius 2 is 1.95 bits per heavy atom. The van der Waals surface area contributed by atoms with Gasteiger partial charge in [0.25, 0.3) is 5.78 Å². The number of nitrogens with zero attached hydrogens (tertiary/aromatic N) is 2. The number of aromatic nitrogens is 1. The lowest BCUT2D eigenvalue weighted by molar-refractivity contribution is -0.132. The van der Waals surface area contributed by atoms with Crippen molar-refractivity contribution in [3.8, 4) is 11.5 Å². The number of amides is 1. The molecule has 1 N–H and O–H groups in total. The van der Waals surface area contributed by atoms with Crippen LogP contribution in [0.1, 0.15) is 45.0 Å². The topological polar surface area (TPSA) is 115 Å². The van der Waals surface area contributed by atoms with Crippen LogP contribution in [-0.4, -0.2) is 48.1 Å². The number of esters is 1. The van der Waals surface area contributed by atoms with Gasteiger partial charge in [-0.2, -0.15) is 0 Å². The number of carbonyl (C=O) groups excluding carboxylic acids is 3. The van der Waals surface area contributed by atoms with Crippen molar-refractivity contribution in [1.29, 1.82) is 0 Å². The van der Waals surface area contributed by atoms with Gasteiger partial charge < -0.3 is 19.3 Å². The molecule has 2 atom stereocenters. The molecule has 2 aliphatic heterocycles. The molecule has 37 heavy (non-hydrogen) atoms. The molecule has 0 saturated carbocycles. The van der Waals surface area contributed by atoms with Crippen molar-refractivity contribution in [3.05, 3.63) is 75.3 Å². The number of ketones is 1. The van der Waals surface area contributed by atoms with E-state index in [1.165, 1.54) is 19.1 Å². The number of hydrogen-bond donors (Lipinski definition) is 1. The summed E-state index contributed by atoms with van der Waals surface area (Å²) >= 11 is 0.939. The second-order valence-corrected chi connectivity index (χ2v) is 9.75. The van der Waals surface area contributed by atoms with Gasteiger partial charge in [0.1, 0.15) is 34.3 Å². The standard InChI is InChI=1S/C27H24N2O7S/c1-13-11-16-12-15(9-10-18(16)36-13)22(30)20-21(17-7-5-6-8-19(17)34-3)29(25(32)23(20)31)27-28-14(2)24(37-27)26(33)35-4/h5-10,12-13,21,30H,11H2,1-4H3/b22-20+. The average molecular weight is 521 g/mol. The van der Waals surface area contributed by atoms with Crippen LogP contribution in [0.15, 0.2) is 48.0 Å². The molecule has 0 bridgehead atoms. The monoisotopic (exact) mass is 520 g/mol. The SMILES string of the molecule is COC(=O)c1sc(N2C(=O)C(=O)/C(=C(/O)c3ccc4c(c3)CC(C)O4)C2c2ccccc2OC)nc1C. The number of ether oxygens (including phenoxy) is 3. The van der Waals surface area contributed by atoms with E-state index >= 15 is 0 Å². The van der Waals surface area contributed by atoms with Gasteiger partial charge in [0.2, 0.25) is 0 Å². The van der Waals surface area contributed by atoms with Crippen molar-refractivity contribution in [2.45, 2.75) is 32.4 Å². The molecule has 3 aromatic rings. The number of hydrogen-bond acceptors (Lipinski definition) is 9. The predicted molar refractivity (Wildman–Crippen MR) is 136 cm³/mol. The Morgan fingerprint density at radius 3 is 2.68 bits per heavy atom. The molecule has 9 nitrogen and oxygen atoms in total. The van der Waals surface area contributed by atoms with Gasteiger partial charge in [-0.3, -0.25) is 14.5 Å². The third-order valence-corrected chi connectivity index (χ3v) is 7.55. The van der Waals surface area contributed by atoms with Gasteiger partial charge in [0, 0.05) is 17.5 Å². The van der Waals surface area contributed by atoms with Crippen molar-refractivity contribution in [3.63, 3.8) is 0 Å². The van der Waals surface area contributed by atoms with E-state index in [0.717, 1.165) is 22.6 Å². The summed E-state index contributed by atoms with van der Waals surface area (Å²) in [5, 5.41) is 11.6. The zero-order chi connectivity index (χ0) is 26.4. The first-order valence-electron chi connectivity index (χ1n) is 11.5. The van der Waals surface area contributed by atoms with E-state index < -0.39 is 23.7 Å². The lowest BCUT2D eigenvalue weighted by atomic mass is 9.94. The molecule has 0 spiro atoms. The molecule has 2 aliphatic rings. The summed E-state index contributed by atoms with van der Waals surface area (Å²) in [5.74, 6) is -1.52. The highest BCUT2D eigenvalue weighted by Crippen LogP contribution is 2.46. The maximum atomic E-state index is 13.5. The largest absolute Gasteiger partial charge is 0.507 e. The summed E-state index contributed by atoms with van der Waals surface area (Å²) in [6.45, 7) is 3.57. The maximum absolute atomic E-state index is 13.5. The molecule has 2 aromatic carbocycles. The summed E-state index contributed by atoms with van der Waals surface area (Å²) in [6, 6.07) is 11.1. The zero-order valence-corrected chi connectivity index (χ0v) is 21.4. The maximum Gasteiger partial charge on any atom is 0.350 e.